The lowest BCUT2D eigenvalue weighted by Crippen LogP contribution is -2.10. The average Bonchev–Trinajstić information content (AvgIpc) is 2.91. The van der Waals surface area contributed by atoms with Gasteiger partial charge in [-0.05, 0) is 31.2 Å². The van der Waals surface area contributed by atoms with Gasteiger partial charge in [0.2, 0.25) is 0 Å². The zero-order valence-electron chi connectivity index (χ0n) is 10.9. The third kappa shape index (κ3) is 2.59. The molecule has 1 aromatic carbocycles. The van der Waals surface area contributed by atoms with Crippen LogP contribution in [0.1, 0.15) is 5.82 Å². The van der Waals surface area contributed by atoms with E-state index in [-0.39, 0.29) is 5.56 Å². The number of aromatic amines is 1. The van der Waals surface area contributed by atoms with Crippen molar-refractivity contribution in [1.29, 1.82) is 0 Å². The molecule has 0 amide bonds. The number of nitrogens with one attached hydrogen (secondary N) is 2. The van der Waals surface area contributed by atoms with Gasteiger partial charge in [-0.25, -0.2) is 9.67 Å². The molecule has 100 valence electrons. The molecule has 0 spiro atoms. The van der Waals surface area contributed by atoms with E-state index in [2.05, 4.69) is 20.4 Å². The van der Waals surface area contributed by atoms with Gasteiger partial charge < -0.3 is 10.3 Å². The van der Waals surface area contributed by atoms with Crippen molar-refractivity contribution in [2.45, 2.75) is 6.92 Å². The van der Waals surface area contributed by atoms with Crippen molar-refractivity contribution in [3.8, 4) is 5.69 Å². The molecule has 0 aliphatic rings. The predicted octanol–water partition coefficient (Wildman–Crippen LogP) is 2.01. The lowest BCUT2D eigenvalue weighted by molar-refractivity contribution is 0.881. The van der Waals surface area contributed by atoms with Crippen LogP contribution in [0, 0.1) is 6.92 Å². The van der Waals surface area contributed by atoms with E-state index in [0.29, 0.717) is 11.6 Å². The summed E-state index contributed by atoms with van der Waals surface area (Å²) in [5.41, 5.74) is 1.60. The molecule has 6 heteroatoms. The monoisotopic (exact) mass is 267 g/mol. The molecule has 2 heterocycles. The maximum atomic E-state index is 11.4. The minimum absolute atomic E-state index is 0.178. The van der Waals surface area contributed by atoms with Crippen molar-refractivity contribution in [3.05, 3.63) is 65.0 Å². The van der Waals surface area contributed by atoms with Crippen LogP contribution in [0.15, 0.2) is 53.6 Å². The van der Waals surface area contributed by atoms with Crippen LogP contribution in [-0.2, 0) is 0 Å². The molecule has 2 N–H and O–H groups in total. The Morgan fingerprint density at radius 2 is 2.15 bits per heavy atom. The molecule has 3 rings (SSSR count). The van der Waals surface area contributed by atoms with Gasteiger partial charge in [0.1, 0.15) is 11.6 Å². The van der Waals surface area contributed by atoms with Gasteiger partial charge in [-0.1, -0.05) is 6.07 Å². The fourth-order valence-corrected chi connectivity index (χ4v) is 1.94. The number of aryl methyl sites for hydroxylation is 1. The summed E-state index contributed by atoms with van der Waals surface area (Å²) in [7, 11) is 0. The second kappa shape index (κ2) is 5.00. The highest BCUT2D eigenvalue weighted by atomic mass is 16.1. The van der Waals surface area contributed by atoms with E-state index >= 15 is 0 Å². The van der Waals surface area contributed by atoms with Crippen LogP contribution in [0.4, 0.5) is 11.5 Å². The molecule has 0 bridgehead atoms. The van der Waals surface area contributed by atoms with Gasteiger partial charge >= 0.3 is 0 Å². The first-order valence-electron chi connectivity index (χ1n) is 6.16. The summed E-state index contributed by atoms with van der Waals surface area (Å²) in [6, 6.07) is 11.0. The molecule has 0 fully saturated rings. The molecule has 0 atom stereocenters. The Labute approximate surface area is 115 Å². The third-order valence-electron chi connectivity index (χ3n) is 2.75. The Kier molecular flexibility index (Phi) is 3.04. The highest BCUT2D eigenvalue weighted by Crippen LogP contribution is 2.17. The van der Waals surface area contributed by atoms with E-state index in [1.807, 2.05) is 36.5 Å². The Morgan fingerprint density at radius 3 is 2.90 bits per heavy atom. The fourth-order valence-electron chi connectivity index (χ4n) is 1.94. The SMILES string of the molecule is Cc1nc(Nc2cccc(-n3cccn3)c2)cc(=O)[nH]1. The zero-order chi connectivity index (χ0) is 13.9. The topological polar surface area (TPSA) is 75.6 Å². The van der Waals surface area contributed by atoms with Crippen LogP contribution in [0.3, 0.4) is 0 Å². The van der Waals surface area contributed by atoms with E-state index in [1.54, 1.807) is 17.8 Å². The van der Waals surface area contributed by atoms with Crippen molar-refractivity contribution in [2.75, 3.05) is 5.32 Å². The van der Waals surface area contributed by atoms with Crippen molar-refractivity contribution < 1.29 is 0 Å². The maximum absolute atomic E-state index is 11.4. The highest BCUT2D eigenvalue weighted by Gasteiger charge is 2.01. The van der Waals surface area contributed by atoms with Crippen LogP contribution >= 0.6 is 0 Å². The number of benzene rings is 1. The van der Waals surface area contributed by atoms with Crippen molar-refractivity contribution >= 4 is 11.5 Å². The lowest BCUT2D eigenvalue weighted by atomic mass is 10.3. The number of aromatic nitrogens is 4. The molecule has 0 saturated heterocycles. The molecule has 0 unspecified atom stereocenters. The molecule has 6 nitrogen and oxygen atoms in total. The normalized spacial score (nSPS) is 10.4. The van der Waals surface area contributed by atoms with Crippen molar-refractivity contribution in [3.63, 3.8) is 0 Å². The first kappa shape index (κ1) is 12.2. The maximum Gasteiger partial charge on any atom is 0.252 e. The van der Waals surface area contributed by atoms with Crippen LogP contribution in [0.25, 0.3) is 5.69 Å². The first-order chi connectivity index (χ1) is 9.70. The van der Waals surface area contributed by atoms with E-state index in [0.717, 1.165) is 11.4 Å². The Bertz CT molecular complexity index is 776. The molecule has 20 heavy (non-hydrogen) atoms. The number of hydrogen-bond acceptors (Lipinski definition) is 4. The molecule has 0 radical (unpaired) electrons. The summed E-state index contributed by atoms with van der Waals surface area (Å²) in [5.74, 6) is 1.09. The lowest BCUT2D eigenvalue weighted by Gasteiger charge is -2.08. The Morgan fingerprint density at radius 1 is 1.25 bits per heavy atom. The van der Waals surface area contributed by atoms with Gasteiger partial charge in [-0.3, -0.25) is 4.79 Å². The largest absolute Gasteiger partial charge is 0.340 e. The number of nitrogens with zero attached hydrogens (tertiary/aromatic N) is 3. The smallest absolute Gasteiger partial charge is 0.252 e. The van der Waals surface area contributed by atoms with Crippen LogP contribution in [-0.4, -0.2) is 19.7 Å². The molecule has 0 aliphatic carbocycles. The summed E-state index contributed by atoms with van der Waals surface area (Å²) < 4.78 is 1.77. The summed E-state index contributed by atoms with van der Waals surface area (Å²) in [5, 5.41) is 7.30. The summed E-state index contributed by atoms with van der Waals surface area (Å²) in [4.78, 5) is 18.2. The van der Waals surface area contributed by atoms with E-state index < -0.39 is 0 Å². The van der Waals surface area contributed by atoms with Gasteiger partial charge in [0, 0.05) is 24.1 Å². The zero-order valence-corrected chi connectivity index (χ0v) is 10.9. The second-order valence-electron chi connectivity index (χ2n) is 4.34. The number of hydrogen-bond donors (Lipinski definition) is 2. The number of H-pyrrole nitrogens is 1. The molecular formula is C14H13N5O. The van der Waals surface area contributed by atoms with Crippen LogP contribution < -0.4 is 10.9 Å². The van der Waals surface area contributed by atoms with Gasteiger partial charge in [-0.15, -0.1) is 0 Å². The molecule has 0 saturated carbocycles. The average molecular weight is 267 g/mol. The fraction of sp³-hybridized carbons (Fsp3) is 0.0714. The number of rotatable bonds is 3. The summed E-state index contributed by atoms with van der Waals surface area (Å²) >= 11 is 0. The quantitative estimate of drug-likeness (QED) is 0.761. The van der Waals surface area contributed by atoms with E-state index in [9.17, 15) is 4.79 Å². The standard InChI is InChI=1S/C14H13N5O/c1-10-16-13(9-14(20)17-10)18-11-4-2-5-12(8-11)19-7-3-6-15-19/h2-9H,1H3,(H2,16,17,18,20). The van der Waals surface area contributed by atoms with Gasteiger partial charge in [0.25, 0.3) is 5.56 Å². The van der Waals surface area contributed by atoms with Gasteiger partial charge in [0.15, 0.2) is 0 Å². The van der Waals surface area contributed by atoms with E-state index in [4.69, 9.17) is 0 Å². The van der Waals surface area contributed by atoms with Gasteiger partial charge in [0.05, 0.1) is 5.69 Å². The van der Waals surface area contributed by atoms with E-state index in [1.165, 1.54) is 6.07 Å². The van der Waals surface area contributed by atoms with Crippen LogP contribution in [0.5, 0.6) is 0 Å². The minimum atomic E-state index is -0.178. The summed E-state index contributed by atoms with van der Waals surface area (Å²) in [6.45, 7) is 1.74. The number of anilines is 2. The second-order valence-corrected chi connectivity index (χ2v) is 4.34. The van der Waals surface area contributed by atoms with Crippen molar-refractivity contribution in [1.82, 2.24) is 19.7 Å². The molecule has 0 aliphatic heterocycles. The van der Waals surface area contributed by atoms with Gasteiger partial charge in [-0.2, -0.15) is 5.10 Å². The molecule has 2 aromatic heterocycles. The molecule has 3 aromatic rings. The Balaban J connectivity index is 1.91. The predicted molar refractivity (Wildman–Crippen MR) is 76.4 cm³/mol. The third-order valence-corrected chi connectivity index (χ3v) is 2.75. The Hall–Kier alpha value is -2.89. The first-order valence-corrected chi connectivity index (χ1v) is 6.16. The summed E-state index contributed by atoms with van der Waals surface area (Å²) in [6.07, 6.45) is 3.59. The molecular weight excluding hydrogens is 254 g/mol. The van der Waals surface area contributed by atoms with Crippen LogP contribution in [0.2, 0.25) is 0 Å². The highest BCUT2D eigenvalue weighted by molar-refractivity contribution is 5.59. The van der Waals surface area contributed by atoms with Crippen molar-refractivity contribution in [2.24, 2.45) is 0 Å². The minimum Gasteiger partial charge on any atom is -0.340 e.